The molecule has 0 spiro atoms. The van der Waals surface area contributed by atoms with Crippen LogP contribution in [0.4, 0.5) is 5.69 Å². The number of piperidine rings is 1. The first kappa shape index (κ1) is 14.4. The van der Waals surface area contributed by atoms with Gasteiger partial charge in [0.1, 0.15) is 0 Å². The molecule has 0 radical (unpaired) electrons. The van der Waals surface area contributed by atoms with Gasteiger partial charge in [-0.15, -0.1) is 0 Å². The van der Waals surface area contributed by atoms with Gasteiger partial charge >= 0.3 is 0 Å². The average Bonchev–Trinajstić information content (AvgIpc) is 2.40. The van der Waals surface area contributed by atoms with E-state index in [0.717, 1.165) is 38.2 Å². The number of ether oxygens (including phenoxy) is 1. The molecule has 0 atom stereocenters. The lowest BCUT2D eigenvalue weighted by atomic mass is 9.97. The quantitative estimate of drug-likeness (QED) is 0.792. The standard InChI is InChI=1S/C15H20ClNO2/c1-11(18)13-3-4-15(14(16)9-13)17-7-5-12(6-8-17)10-19-2/h3-4,9,12H,5-8,10H2,1-2H3. The van der Waals surface area contributed by atoms with Crippen molar-refractivity contribution in [2.45, 2.75) is 19.8 Å². The van der Waals surface area contributed by atoms with Gasteiger partial charge in [0, 0.05) is 32.4 Å². The lowest BCUT2D eigenvalue weighted by Gasteiger charge is -2.33. The summed E-state index contributed by atoms with van der Waals surface area (Å²) in [6, 6.07) is 5.57. The van der Waals surface area contributed by atoms with Gasteiger partial charge in [-0.25, -0.2) is 0 Å². The van der Waals surface area contributed by atoms with Crippen LogP contribution in [-0.4, -0.2) is 32.6 Å². The van der Waals surface area contributed by atoms with Crippen LogP contribution in [0, 0.1) is 5.92 Å². The van der Waals surface area contributed by atoms with Gasteiger partial charge in [0.2, 0.25) is 0 Å². The lowest BCUT2D eigenvalue weighted by molar-refractivity contribution is 0.101. The van der Waals surface area contributed by atoms with Gasteiger partial charge < -0.3 is 9.64 Å². The van der Waals surface area contributed by atoms with Gasteiger partial charge in [0.15, 0.2) is 5.78 Å². The molecular formula is C15H20ClNO2. The molecule has 1 saturated heterocycles. The van der Waals surface area contributed by atoms with Crippen molar-refractivity contribution in [1.29, 1.82) is 0 Å². The van der Waals surface area contributed by atoms with Crippen molar-refractivity contribution in [1.82, 2.24) is 0 Å². The third-order valence-corrected chi connectivity index (χ3v) is 4.01. The van der Waals surface area contributed by atoms with Crippen LogP contribution in [0.5, 0.6) is 0 Å². The highest BCUT2D eigenvalue weighted by atomic mass is 35.5. The summed E-state index contributed by atoms with van der Waals surface area (Å²) in [4.78, 5) is 13.6. The third kappa shape index (κ3) is 3.48. The second-order valence-corrected chi connectivity index (χ2v) is 5.52. The largest absolute Gasteiger partial charge is 0.384 e. The van der Waals surface area contributed by atoms with Gasteiger partial charge in [-0.05, 0) is 43.9 Å². The van der Waals surface area contributed by atoms with Crippen LogP contribution >= 0.6 is 11.6 Å². The lowest BCUT2D eigenvalue weighted by Crippen LogP contribution is -2.35. The minimum absolute atomic E-state index is 0.0484. The maximum Gasteiger partial charge on any atom is 0.159 e. The Morgan fingerprint density at radius 3 is 2.63 bits per heavy atom. The number of hydrogen-bond donors (Lipinski definition) is 0. The highest BCUT2D eigenvalue weighted by molar-refractivity contribution is 6.33. The first-order valence-electron chi connectivity index (χ1n) is 6.66. The molecule has 1 aliphatic heterocycles. The Morgan fingerprint density at radius 2 is 2.11 bits per heavy atom. The molecule has 2 rings (SSSR count). The zero-order valence-electron chi connectivity index (χ0n) is 11.5. The van der Waals surface area contributed by atoms with E-state index in [9.17, 15) is 4.79 Å². The first-order chi connectivity index (χ1) is 9.11. The fourth-order valence-corrected chi connectivity index (χ4v) is 2.86. The first-order valence-corrected chi connectivity index (χ1v) is 7.04. The van der Waals surface area contributed by atoms with Crippen molar-refractivity contribution in [2.75, 3.05) is 31.7 Å². The monoisotopic (exact) mass is 281 g/mol. The van der Waals surface area contributed by atoms with Crippen LogP contribution in [0.2, 0.25) is 5.02 Å². The van der Waals surface area contributed by atoms with E-state index in [1.54, 1.807) is 20.1 Å². The third-order valence-electron chi connectivity index (χ3n) is 3.71. The van der Waals surface area contributed by atoms with Crippen molar-refractivity contribution in [3.8, 4) is 0 Å². The Morgan fingerprint density at radius 1 is 1.42 bits per heavy atom. The SMILES string of the molecule is COCC1CCN(c2ccc(C(C)=O)cc2Cl)CC1. The molecule has 0 amide bonds. The Balaban J connectivity index is 2.05. The molecule has 0 aromatic heterocycles. The smallest absolute Gasteiger partial charge is 0.159 e. The normalized spacial score (nSPS) is 16.7. The number of halogens is 1. The second-order valence-electron chi connectivity index (χ2n) is 5.11. The topological polar surface area (TPSA) is 29.5 Å². The van der Waals surface area contributed by atoms with Crippen molar-refractivity contribution >= 4 is 23.1 Å². The molecule has 1 heterocycles. The van der Waals surface area contributed by atoms with Crippen LogP contribution in [0.1, 0.15) is 30.1 Å². The molecule has 4 heteroatoms. The molecule has 0 unspecified atom stereocenters. The predicted octanol–water partition coefficient (Wildman–Crippen LogP) is 3.41. The van der Waals surface area contributed by atoms with E-state index < -0.39 is 0 Å². The van der Waals surface area contributed by atoms with Gasteiger partial charge in [-0.1, -0.05) is 11.6 Å². The van der Waals surface area contributed by atoms with Crippen LogP contribution in [-0.2, 0) is 4.74 Å². The molecule has 104 valence electrons. The van der Waals surface area contributed by atoms with E-state index in [2.05, 4.69) is 4.90 Å². The number of methoxy groups -OCH3 is 1. The van der Waals surface area contributed by atoms with E-state index in [1.807, 2.05) is 12.1 Å². The molecule has 3 nitrogen and oxygen atoms in total. The van der Waals surface area contributed by atoms with Crippen LogP contribution in [0.3, 0.4) is 0 Å². The number of rotatable bonds is 4. The molecule has 0 aliphatic carbocycles. The summed E-state index contributed by atoms with van der Waals surface area (Å²) in [6.07, 6.45) is 2.25. The van der Waals surface area contributed by atoms with E-state index in [1.165, 1.54) is 0 Å². The minimum atomic E-state index is 0.0484. The molecule has 0 saturated carbocycles. The molecule has 0 bridgehead atoms. The number of ketones is 1. The zero-order valence-corrected chi connectivity index (χ0v) is 12.2. The Hall–Kier alpha value is -1.06. The molecule has 0 N–H and O–H groups in total. The number of Topliss-reactive ketones (excluding diaryl/α,β-unsaturated/α-hetero) is 1. The summed E-state index contributed by atoms with van der Waals surface area (Å²) in [6.45, 7) is 4.38. The van der Waals surface area contributed by atoms with E-state index in [-0.39, 0.29) is 5.78 Å². The summed E-state index contributed by atoms with van der Waals surface area (Å²) >= 11 is 6.29. The number of carbonyl (C=O) groups is 1. The van der Waals surface area contributed by atoms with Crippen LogP contribution in [0.15, 0.2) is 18.2 Å². The summed E-state index contributed by atoms with van der Waals surface area (Å²) in [5, 5.41) is 0.665. The summed E-state index contributed by atoms with van der Waals surface area (Å²) in [7, 11) is 1.75. The van der Waals surface area contributed by atoms with Crippen molar-refractivity contribution in [3.63, 3.8) is 0 Å². The summed E-state index contributed by atoms with van der Waals surface area (Å²) in [5.74, 6) is 0.698. The minimum Gasteiger partial charge on any atom is -0.384 e. The Labute approximate surface area is 119 Å². The Kier molecular flexibility index (Phi) is 4.83. The molecular weight excluding hydrogens is 262 g/mol. The molecule has 1 aromatic carbocycles. The van der Waals surface area contributed by atoms with Crippen molar-refractivity contribution in [3.05, 3.63) is 28.8 Å². The maximum absolute atomic E-state index is 11.3. The summed E-state index contributed by atoms with van der Waals surface area (Å²) in [5.41, 5.74) is 1.70. The highest BCUT2D eigenvalue weighted by Gasteiger charge is 2.20. The maximum atomic E-state index is 11.3. The van der Waals surface area contributed by atoms with E-state index >= 15 is 0 Å². The van der Waals surface area contributed by atoms with Crippen LogP contribution in [0.25, 0.3) is 0 Å². The van der Waals surface area contributed by atoms with Gasteiger partial charge in [0.25, 0.3) is 0 Å². The molecule has 1 aromatic rings. The molecule has 1 aliphatic rings. The Bertz CT molecular complexity index is 453. The summed E-state index contributed by atoms with van der Waals surface area (Å²) < 4.78 is 5.21. The van der Waals surface area contributed by atoms with Crippen molar-refractivity contribution < 1.29 is 9.53 Å². The highest BCUT2D eigenvalue weighted by Crippen LogP contribution is 2.30. The van der Waals surface area contributed by atoms with Crippen molar-refractivity contribution in [2.24, 2.45) is 5.92 Å². The number of nitrogens with zero attached hydrogens (tertiary/aromatic N) is 1. The predicted molar refractivity (Wildman–Crippen MR) is 78.3 cm³/mol. The van der Waals surface area contributed by atoms with Gasteiger partial charge in [-0.3, -0.25) is 4.79 Å². The molecule has 1 fully saturated rings. The number of carbonyl (C=O) groups excluding carboxylic acids is 1. The van der Waals surface area contributed by atoms with Gasteiger partial charge in [0.05, 0.1) is 10.7 Å². The molecule has 19 heavy (non-hydrogen) atoms. The average molecular weight is 282 g/mol. The van der Waals surface area contributed by atoms with Crippen LogP contribution < -0.4 is 4.90 Å². The zero-order chi connectivity index (χ0) is 13.8. The number of benzene rings is 1. The second kappa shape index (κ2) is 6.40. The number of anilines is 1. The fraction of sp³-hybridized carbons (Fsp3) is 0.533. The van der Waals surface area contributed by atoms with E-state index in [4.69, 9.17) is 16.3 Å². The van der Waals surface area contributed by atoms with E-state index in [0.29, 0.717) is 16.5 Å². The number of hydrogen-bond acceptors (Lipinski definition) is 3. The fourth-order valence-electron chi connectivity index (χ4n) is 2.56. The van der Waals surface area contributed by atoms with Gasteiger partial charge in [-0.2, -0.15) is 0 Å².